The van der Waals surface area contributed by atoms with Gasteiger partial charge in [-0.15, -0.1) is 0 Å². The number of carbonyl (C=O) groups excluding carboxylic acids is 1. The number of halogens is 1. The molecule has 3 heterocycles. The number of pyridine rings is 1. The highest BCUT2D eigenvalue weighted by atomic mass is 79.9. The van der Waals surface area contributed by atoms with E-state index in [0.717, 1.165) is 10.1 Å². The molecule has 3 aromatic heterocycles. The maximum atomic E-state index is 11.6. The van der Waals surface area contributed by atoms with Crippen LogP contribution >= 0.6 is 15.9 Å². The zero-order valence-electron chi connectivity index (χ0n) is 11.9. The largest absolute Gasteiger partial charge is 0.465 e. The molecule has 0 aromatic carbocycles. The molecule has 0 aliphatic carbocycles. The highest BCUT2D eigenvalue weighted by molar-refractivity contribution is 9.10. The Kier molecular flexibility index (Phi) is 4.15. The number of esters is 1. The van der Waals surface area contributed by atoms with Crippen LogP contribution in [0.4, 0.5) is 5.82 Å². The van der Waals surface area contributed by atoms with Gasteiger partial charge in [-0.1, -0.05) is 0 Å². The highest BCUT2D eigenvalue weighted by Crippen LogP contribution is 2.30. The Hall–Kier alpha value is -2.28. The lowest BCUT2D eigenvalue weighted by atomic mass is 10.3. The van der Waals surface area contributed by atoms with Crippen LogP contribution in [0.25, 0.3) is 17.1 Å². The SMILES string of the molecule is CCOC(=O)CNc1c(-c2ccco2)nc2ccc(Br)cn12. The van der Waals surface area contributed by atoms with Crippen molar-refractivity contribution in [3.05, 3.63) is 41.2 Å². The number of anilines is 1. The first-order valence-electron chi connectivity index (χ1n) is 6.80. The minimum Gasteiger partial charge on any atom is -0.465 e. The van der Waals surface area contributed by atoms with Crippen LogP contribution in [0.15, 0.2) is 45.6 Å². The standard InChI is InChI=1S/C15H14BrN3O3/c1-2-21-13(20)8-17-15-14(11-4-3-7-22-11)18-12-6-5-10(16)9-19(12)15/h3-7,9,17H,2,8H2,1H3. The lowest BCUT2D eigenvalue weighted by Gasteiger charge is -2.07. The van der Waals surface area contributed by atoms with Crippen molar-refractivity contribution in [2.45, 2.75) is 6.92 Å². The average Bonchev–Trinajstić information content (AvgIpc) is 3.12. The zero-order chi connectivity index (χ0) is 15.5. The Balaban J connectivity index is 2.02. The van der Waals surface area contributed by atoms with Gasteiger partial charge in [0.25, 0.3) is 0 Å². The summed E-state index contributed by atoms with van der Waals surface area (Å²) in [6.45, 7) is 2.18. The van der Waals surface area contributed by atoms with Gasteiger partial charge in [-0.3, -0.25) is 9.20 Å². The van der Waals surface area contributed by atoms with E-state index in [4.69, 9.17) is 9.15 Å². The first-order valence-corrected chi connectivity index (χ1v) is 7.59. The Morgan fingerprint density at radius 1 is 1.45 bits per heavy atom. The summed E-state index contributed by atoms with van der Waals surface area (Å²) in [5, 5.41) is 3.08. The summed E-state index contributed by atoms with van der Waals surface area (Å²) in [6.07, 6.45) is 3.46. The molecule has 0 spiro atoms. The van der Waals surface area contributed by atoms with Crippen LogP contribution in [0.3, 0.4) is 0 Å². The van der Waals surface area contributed by atoms with E-state index in [2.05, 4.69) is 26.2 Å². The maximum Gasteiger partial charge on any atom is 0.325 e. The third kappa shape index (κ3) is 2.85. The van der Waals surface area contributed by atoms with Crippen LogP contribution in [0.1, 0.15) is 6.92 Å². The Morgan fingerprint density at radius 2 is 2.32 bits per heavy atom. The number of furan rings is 1. The van der Waals surface area contributed by atoms with E-state index >= 15 is 0 Å². The number of ether oxygens (including phenoxy) is 1. The number of nitrogens with zero attached hydrogens (tertiary/aromatic N) is 2. The van der Waals surface area contributed by atoms with E-state index < -0.39 is 0 Å². The molecule has 0 saturated heterocycles. The van der Waals surface area contributed by atoms with Gasteiger partial charge in [0.2, 0.25) is 0 Å². The number of rotatable bonds is 5. The first-order chi connectivity index (χ1) is 10.7. The Bertz CT molecular complexity index is 796. The van der Waals surface area contributed by atoms with Gasteiger partial charge in [0, 0.05) is 10.7 Å². The number of hydrogen-bond donors (Lipinski definition) is 1. The number of nitrogens with one attached hydrogen (secondary N) is 1. The predicted octanol–water partition coefficient (Wildman–Crippen LogP) is 3.33. The molecule has 0 aliphatic heterocycles. The minimum absolute atomic E-state index is 0.0574. The second-order valence-corrected chi connectivity index (χ2v) is 5.44. The molecule has 114 valence electrons. The number of imidazole rings is 1. The summed E-state index contributed by atoms with van der Waals surface area (Å²) in [5.41, 5.74) is 1.40. The van der Waals surface area contributed by atoms with Crippen LogP contribution in [0.5, 0.6) is 0 Å². The summed E-state index contributed by atoms with van der Waals surface area (Å²) in [4.78, 5) is 16.1. The van der Waals surface area contributed by atoms with E-state index in [9.17, 15) is 4.79 Å². The quantitative estimate of drug-likeness (QED) is 0.704. The number of carbonyl (C=O) groups is 1. The van der Waals surface area contributed by atoms with Gasteiger partial charge in [-0.2, -0.15) is 0 Å². The van der Waals surface area contributed by atoms with Crippen LogP contribution in [-0.4, -0.2) is 28.5 Å². The highest BCUT2D eigenvalue weighted by Gasteiger charge is 2.17. The molecule has 0 saturated carbocycles. The molecule has 0 amide bonds. The summed E-state index contributed by atoms with van der Waals surface area (Å²) in [7, 11) is 0. The fourth-order valence-electron chi connectivity index (χ4n) is 2.14. The molecule has 0 radical (unpaired) electrons. The van der Waals surface area contributed by atoms with E-state index in [-0.39, 0.29) is 12.5 Å². The van der Waals surface area contributed by atoms with Gasteiger partial charge in [0.1, 0.15) is 23.7 Å². The summed E-state index contributed by atoms with van der Waals surface area (Å²) >= 11 is 3.44. The van der Waals surface area contributed by atoms with Gasteiger partial charge in [0.05, 0.1) is 12.9 Å². The lowest BCUT2D eigenvalue weighted by molar-refractivity contribution is -0.140. The molecule has 0 aliphatic rings. The number of fused-ring (bicyclic) bond motifs is 1. The molecule has 7 heteroatoms. The normalized spacial score (nSPS) is 10.8. The van der Waals surface area contributed by atoms with Crippen molar-refractivity contribution >= 4 is 33.4 Å². The van der Waals surface area contributed by atoms with Gasteiger partial charge >= 0.3 is 5.97 Å². The molecule has 0 fully saturated rings. The number of aromatic nitrogens is 2. The van der Waals surface area contributed by atoms with Crippen molar-refractivity contribution in [3.63, 3.8) is 0 Å². The lowest BCUT2D eigenvalue weighted by Crippen LogP contribution is -2.17. The van der Waals surface area contributed by atoms with E-state index in [0.29, 0.717) is 23.9 Å². The topological polar surface area (TPSA) is 68.8 Å². The average molecular weight is 364 g/mol. The Morgan fingerprint density at radius 3 is 3.05 bits per heavy atom. The Labute approximate surface area is 135 Å². The van der Waals surface area contributed by atoms with Crippen molar-refractivity contribution in [1.82, 2.24) is 9.38 Å². The van der Waals surface area contributed by atoms with Crippen molar-refractivity contribution < 1.29 is 13.9 Å². The molecule has 3 rings (SSSR count). The maximum absolute atomic E-state index is 11.6. The van der Waals surface area contributed by atoms with Crippen LogP contribution in [0, 0.1) is 0 Å². The second kappa shape index (κ2) is 6.23. The summed E-state index contributed by atoms with van der Waals surface area (Å²) in [6, 6.07) is 7.41. The molecular weight excluding hydrogens is 350 g/mol. The van der Waals surface area contributed by atoms with Crippen molar-refractivity contribution in [1.29, 1.82) is 0 Å². The van der Waals surface area contributed by atoms with Crippen LogP contribution < -0.4 is 5.32 Å². The molecule has 3 aromatic rings. The zero-order valence-corrected chi connectivity index (χ0v) is 13.5. The van der Waals surface area contributed by atoms with Gasteiger partial charge < -0.3 is 14.5 Å². The molecule has 0 unspecified atom stereocenters. The summed E-state index contributed by atoms with van der Waals surface area (Å²) < 4.78 is 13.1. The number of hydrogen-bond acceptors (Lipinski definition) is 5. The third-order valence-electron chi connectivity index (χ3n) is 3.04. The van der Waals surface area contributed by atoms with Gasteiger partial charge in [0.15, 0.2) is 5.76 Å². The van der Waals surface area contributed by atoms with Crippen LogP contribution in [0.2, 0.25) is 0 Å². The van der Waals surface area contributed by atoms with E-state index in [1.54, 1.807) is 19.3 Å². The minimum atomic E-state index is -0.321. The van der Waals surface area contributed by atoms with Gasteiger partial charge in [-0.05, 0) is 47.1 Å². The molecular formula is C15H14BrN3O3. The molecule has 0 atom stereocenters. The fourth-order valence-corrected chi connectivity index (χ4v) is 2.48. The van der Waals surface area contributed by atoms with Crippen molar-refractivity contribution in [3.8, 4) is 11.5 Å². The molecule has 0 bridgehead atoms. The van der Waals surface area contributed by atoms with E-state index in [1.165, 1.54) is 0 Å². The van der Waals surface area contributed by atoms with Gasteiger partial charge in [-0.25, -0.2) is 4.98 Å². The second-order valence-electron chi connectivity index (χ2n) is 4.52. The fraction of sp³-hybridized carbons (Fsp3) is 0.200. The molecule has 6 nitrogen and oxygen atoms in total. The van der Waals surface area contributed by atoms with Crippen molar-refractivity contribution in [2.24, 2.45) is 0 Å². The summed E-state index contributed by atoms with van der Waals surface area (Å²) in [5.74, 6) is 0.989. The molecule has 22 heavy (non-hydrogen) atoms. The third-order valence-corrected chi connectivity index (χ3v) is 3.51. The molecule has 1 N–H and O–H groups in total. The first kappa shape index (κ1) is 14.6. The van der Waals surface area contributed by atoms with Crippen LogP contribution in [-0.2, 0) is 9.53 Å². The van der Waals surface area contributed by atoms with Crippen molar-refractivity contribution in [2.75, 3.05) is 18.5 Å². The monoisotopic (exact) mass is 363 g/mol. The predicted molar refractivity (Wildman–Crippen MR) is 85.7 cm³/mol. The smallest absolute Gasteiger partial charge is 0.325 e. The van der Waals surface area contributed by atoms with E-state index in [1.807, 2.05) is 28.8 Å².